The molecule has 2 heterocycles. The van der Waals surface area contributed by atoms with Gasteiger partial charge in [-0.15, -0.1) is 0 Å². The molecule has 6 nitrogen and oxygen atoms in total. The molecule has 2 aliphatic heterocycles. The number of aliphatic hydroxyl groups is 1. The van der Waals surface area contributed by atoms with Gasteiger partial charge in [0.1, 0.15) is 0 Å². The summed E-state index contributed by atoms with van der Waals surface area (Å²) in [4.78, 5) is 7.18. The van der Waals surface area contributed by atoms with Crippen molar-refractivity contribution in [2.24, 2.45) is 10.9 Å². The van der Waals surface area contributed by atoms with Crippen molar-refractivity contribution >= 4 is 17.7 Å². The van der Waals surface area contributed by atoms with Crippen molar-refractivity contribution in [3.63, 3.8) is 0 Å². The molecule has 25 heavy (non-hydrogen) atoms. The van der Waals surface area contributed by atoms with E-state index in [9.17, 15) is 5.11 Å². The predicted molar refractivity (Wildman–Crippen MR) is 107 cm³/mol. The number of hydrogen-bond donors (Lipinski definition) is 3. The summed E-state index contributed by atoms with van der Waals surface area (Å²) < 4.78 is 5.50. The molecule has 2 fully saturated rings. The molecule has 0 amide bonds. The summed E-state index contributed by atoms with van der Waals surface area (Å²) in [5.41, 5.74) is -0.630. The van der Waals surface area contributed by atoms with E-state index in [4.69, 9.17) is 4.74 Å². The highest BCUT2D eigenvalue weighted by molar-refractivity contribution is 7.99. The molecule has 0 aromatic heterocycles. The minimum Gasteiger partial charge on any atom is -0.387 e. The Morgan fingerprint density at radius 2 is 2.08 bits per heavy atom. The standard InChI is InChI=1S/C18H36N4O2S/c1-4-19-17(21-13-18(23)5-10-25-14-18)20-12-16(11-15(2)3)22-6-8-24-9-7-22/h15-16,23H,4-14H2,1-3H3,(H2,19,20,21). The van der Waals surface area contributed by atoms with Gasteiger partial charge in [-0.25, -0.2) is 0 Å². The van der Waals surface area contributed by atoms with Gasteiger partial charge < -0.3 is 20.5 Å². The lowest BCUT2D eigenvalue weighted by Gasteiger charge is -2.35. The number of guanidine groups is 1. The molecule has 7 heteroatoms. The van der Waals surface area contributed by atoms with E-state index in [2.05, 4.69) is 41.3 Å². The van der Waals surface area contributed by atoms with Gasteiger partial charge in [0.15, 0.2) is 5.96 Å². The Hall–Kier alpha value is -0.500. The van der Waals surface area contributed by atoms with E-state index in [0.717, 1.165) is 69.7 Å². The fraction of sp³-hybridized carbons (Fsp3) is 0.944. The highest BCUT2D eigenvalue weighted by Crippen LogP contribution is 2.27. The summed E-state index contributed by atoms with van der Waals surface area (Å²) >= 11 is 1.81. The van der Waals surface area contributed by atoms with E-state index in [0.29, 0.717) is 18.5 Å². The SMILES string of the molecule is CCNC(=NCC1(O)CCSC1)NCC(CC(C)C)N1CCOCC1. The van der Waals surface area contributed by atoms with Crippen LogP contribution in [0.1, 0.15) is 33.6 Å². The largest absolute Gasteiger partial charge is 0.387 e. The molecule has 2 aliphatic rings. The maximum atomic E-state index is 10.5. The molecule has 2 atom stereocenters. The van der Waals surface area contributed by atoms with Crippen LogP contribution in [0.25, 0.3) is 0 Å². The minimum absolute atomic E-state index is 0.474. The number of nitrogens with one attached hydrogen (secondary N) is 2. The molecule has 0 spiro atoms. The molecule has 0 aromatic carbocycles. The van der Waals surface area contributed by atoms with Gasteiger partial charge in [-0.2, -0.15) is 11.8 Å². The van der Waals surface area contributed by atoms with Crippen LogP contribution in [0.15, 0.2) is 4.99 Å². The second-order valence-corrected chi connectivity index (χ2v) is 8.64. The molecule has 2 rings (SSSR count). The van der Waals surface area contributed by atoms with Gasteiger partial charge >= 0.3 is 0 Å². The molecule has 0 aromatic rings. The fourth-order valence-corrected chi connectivity index (χ4v) is 4.64. The Morgan fingerprint density at radius 3 is 2.68 bits per heavy atom. The van der Waals surface area contributed by atoms with Crippen LogP contribution in [-0.2, 0) is 4.74 Å². The van der Waals surface area contributed by atoms with Crippen molar-refractivity contribution in [1.29, 1.82) is 0 Å². The second-order valence-electron chi connectivity index (χ2n) is 7.53. The molecule has 0 radical (unpaired) electrons. The van der Waals surface area contributed by atoms with E-state index in [1.807, 2.05) is 11.8 Å². The predicted octanol–water partition coefficient (Wildman–Crippen LogP) is 1.16. The van der Waals surface area contributed by atoms with E-state index in [-0.39, 0.29) is 0 Å². The fourth-order valence-electron chi connectivity index (χ4n) is 3.35. The molecule has 0 aliphatic carbocycles. The third-order valence-electron chi connectivity index (χ3n) is 4.77. The zero-order valence-corrected chi connectivity index (χ0v) is 16.9. The van der Waals surface area contributed by atoms with Crippen molar-refractivity contribution in [1.82, 2.24) is 15.5 Å². The Morgan fingerprint density at radius 1 is 1.32 bits per heavy atom. The quantitative estimate of drug-likeness (QED) is 0.439. The van der Waals surface area contributed by atoms with Gasteiger partial charge in [-0.3, -0.25) is 9.89 Å². The summed E-state index contributed by atoms with van der Waals surface area (Å²) in [6.45, 7) is 12.5. The van der Waals surface area contributed by atoms with Gasteiger partial charge in [-0.1, -0.05) is 13.8 Å². The Balaban J connectivity index is 1.90. The Labute approximate surface area is 157 Å². The van der Waals surface area contributed by atoms with Gasteiger partial charge in [0.05, 0.1) is 25.4 Å². The number of aliphatic imine (C=N–C) groups is 1. The monoisotopic (exact) mass is 372 g/mol. The third kappa shape index (κ3) is 7.33. The summed E-state index contributed by atoms with van der Waals surface area (Å²) in [6.07, 6.45) is 2.00. The number of thioether (sulfide) groups is 1. The topological polar surface area (TPSA) is 69.1 Å². The molecular formula is C18H36N4O2S. The average molecular weight is 373 g/mol. The number of morpholine rings is 1. The van der Waals surface area contributed by atoms with Crippen LogP contribution in [-0.4, -0.2) is 85.1 Å². The second kappa shape index (κ2) is 10.6. The number of ether oxygens (including phenoxy) is 1. The molecule has 146 valence electrons. The highest BCUT2D eigenvalue weighted by atomic mass is 32.2. The summed E-state index contributed by atoms with van der Waals surface area (Å²) in [5.74, 6) is 3.29. The number of nitrogens with zero attached hydrogens (tertiary/aromatic N) is 2. The zero-order chi connectivity index (χ0) is 18.1. The zero-order valence-electron chi connectivity index (χ0n) is 16.1. The van der Waals surface area contributed by atoms with Gasteiger partial charge in [0.25, 0.3) is 0 Å². The number of rotatable bonds is 8. The first-order valence-electron chi connectivity index (χ1n) is 9.66. The van der Waals surface area contributed by atoms with Crippen molar-refractivity contribution < 1.29 is 9.84 Å². The summed E-state index contributed by atoms with van der Waals surface area (Å²) in [6, 6.07) is 0.484. The van der Waals surface area contributed by atoms with Crippen molar-refractivity contribution in [3.05, 3.63) is 0 Å². The molecule has 2 saturated heterocycles. The Kier molecular flexibility index (Phi) is 8.82. The highest BCUT2D eigenvalue weighted by Gasteiger charge is 2.31. The average Bonchev–Trinajstić information content (AvgIpc) is 3.03. The number of hydrogen-bond acceptors (Lipinski definition) is 5. The third-order valence-corrected chi connectivity index (χ3v) is 6.00. The molecule has 3 N–H and O–H groups in total. The van der Waals surface area contributed by atoms with Crippen LogP contribution in [0, 0.1) is 5.92 Å². The van der Waals surface area contributed by atoms with Crippen LogP contribution in [0.3, 0.4) is 0 Å². The van der Waals surface area contributed by atoms with Crippen LogP contribution in [0.2, 0.25) is 0 Å². The van der Waals surface area contributed by atoms with Crippen LogP contribution < -0.4 is 10.6 Å². The normalized spacial score (nSPS) is 26.8. The van der Waals surface area contributed by atoms with Crippen LogP contribution >= 0.6 is 11.8 Å². The van der Waals surface area contributed by atoms with Gasteiger partial charge in [0, 0.05) is 38.0 Å². The van der Waals surface area contributed by atoms with Gasteiger partial charge in [-0.05, 0) is 31.4 Å². The summed E-state index contributed by atoms with van der Waals surface area (Å²) in [7, 11) is 0. The van der Waals surface area contributed by atoms with E-state index < -0.39 is 5.60 Å². The minimum atomic E-state index is -0.630. The smallest absolute Gasteiger partial charge is 0.191 e. The molecule has 2 unspecified atom stereocenters. The lowest BCUT2D eigenvalue weighted by molar-refractivity contribution is 0.0132. The summed E-state index contributed by atoms with van der Waals surface area (Å²) in [5, 5.41) is 17.3. The van der Waals surface area contributed by atoms with Crippen molar-refractivity contribution in [2.75, 3.05) is 57.4 Å². The first-order valence-corrected chi connectivity index (χ1v) is 10.8. The lowest BCUT2D eigenvalue weighted by atomic mass is 10.0. The molecule has 0 bridgehead atoms. The van der Waals surface area contributed by atoms with E-state index in [1.165, 1.54) is 0 Å². The molecule has 0 saturated carbocycles. The first kappa shape index (κ1) is 20.8. The van der Waals surface area contributed by atoms with Crippen LogP contribution in [0.5, 0.6) is 0 Å². The maximum Gasteiger partial charge on any atom is 0.191 e. The van der Waals surface area contributed by atoms with E-state index in [1.54, 1.807) is 0 Å². The van der Waals surface area contributed by atoms with Crippen molar-refractivity contribution in [2.45, 2.75) is 45.3 Å². The van der Waals surface area contributed by atoms with Crippen molar-refractivity contribution in [3.8, 4) is 0 Å². The Bertz CT molecular complexity index is 408. The van der Waals surface area contributed by atoms with Crippen LogP contribution in [0.4, 0.5) is 0 Å². The first-order chi connectivity index (χ1) is 12.0. The maximum absolute atomic E-state index is 10.5. The van der Waals surface area contributed by atoms with E-state index >= 15 is 0 Å². The van der Waals surface area contributed by atoms with Gasteiger partial charge in [0.2, 0.25) is 0 Å². The molecular weight excluding hydrogens is 336 g/mol. The lowest BCUT2D eigenvalue weighted by Crippen LogP contribution is -2.51.